The first-order chi connectivity index (χ1) is 8.63. The summed E-state index contributed by atoms with van der Waals surface area (Å²) < 4.78 is 15.2. The standard InChI is InChI=1S/C13H12Br2FNS/c1-2-17-12(13-10(15)5-6-18-13)8-3-4-9(14)11(16)7-8/h3-7,12,17H,2H2,1H3. The molecule has 18 heavy (non-hydrogen) atoms. The molecule has 1 heterocycles. The van der Waals surface area contributed by atoms with Gasteiger partial charge in [0.05, 0.1) is 10.5 Å². The topological polar surface area (TPSA) is 12.0 Å². The number of rotatable bonds is 4. The van der Waals surface area contributed by atoms with Gasteiger partial charge in [0.1, 0.15) is 5.82 Å². The normalized spacial score (nSPS) is 12.7. The van der Waals surface area contributed by atoms with Gasteiger partial charge in [-0.25, -0.2) is 4.39 Å². The van der Waals surface area contributed by atoms with Crippen molar-refractivity contribution in [2.75, 3.05) is 6.54 Å². The van der Waals surface area contributed by atoms with E-state index in [1.807, 2.05) is 24.4 Å². The quantitative estimate of drug-likeness (QED) is 0.762. The van der Waals surface area contributed by atoms with E-state index in [0.717, 1.165) is 16.6 Å². The van der Waals surface area contributed by atoms with Crippen LogP contribution in [0.1, 0.15) is 23.4 Å². The lowest BCUT2D eigenvalue weighted by atomic mass is 10.1. The lowest BCUT2D eigenvalue weighted by molar-refractivity contribution is 0.601. The zero-order valence-electron chi connectivity index (χ0n) is 9.71. The van der Waals surface area contributed by atoms with Gasteiger partial charge in [-0.2, -0.15) is 0 Å². The Kier molecular flexibility index (Phi) is 4.95. The second kappa shape index (κ2) is 6.28. The predicted octanol–water partition coefficient (Wildman–Crippen LogP) is 5.11. The molecule has 0 aliphatic carbocycles. The summed E-state index contributed by atoms with van der Waals surface area (Å²) in [5.74, 6) is -0.233. The molecule has 1 unspecified atom stereocenters. The maximum absolute atomic E-state index is 13.6. The van der Waals surface area contributed by atoms with E-state index in [9.17, 15) is 4.39 Å². The van der Waals surface area contributed by atoms with Gasteiger partial charge < -0.3 is 5.32 Å². The fourth-order valence-electron chi connectivity index (χ4n) is 1.77. The Balaban J connectivity index is 2.41. The van der Waals surface area contributed by atoms with Gasteiger partial charge >= 0.3 is 0 Å². The largest absolute Gasteiger partial charge is 0.306 e. The molecule has 0 amide bonds. The van der Waals surface area contributed by atoms with Crippen LogP contribution in [0.5, 0.6) is 0 Å². The van der Waals surface area contributed by atoms with Crippen molar-refractivity contribution in [3.05, 3.63) is 54.8 Å². The van der Waals surface area contributed by atoms with Crippen LogP contribution in [0.4, 0.5) is 4.39 Å². The summed E-state index contributed by atoms with van der Waals surface area (Å²) in [5, 5.41) is 5.41. The van der Waals surface area contributed by atoms with E-state index in [4.69, 9.17) is 0 Å². The molecule has 0 saturated heterocycles. The Bertz CT molecular complexity index is 542. The monoisotopic (exact) mass is 391 g/mol. The number of nitrogens with one attached hydrogen (secondary N) is 1. The van der Waals surface area contributed by atoms with Gasteiger partial charge in [0.25, 0.3) is 0 Å². The number of benzene rings is 1. The Morgan fingerprint density at radius 2 is 2.06 bits per heavy atom. The molecule has 1 N–H and O–H groups in total. The van der Waals surface area contributed by atoms with Crippen molar-refractivity contribution in [1.29, 1.82) is 0 Å². The van der Waals surface area contributed by atoms with Gasteiger partial charge in [-0.05, 0) is 67.5 Å². The fourth-order valence-corrected chi connectivity index (χ4v) is 3.72. The van der Waals surface area contributed by atoms with Crippen LogP contribution < -0.4 is 5.32 Å². The lowest BCUT2D eigenvalue weighted by Gasteiger charge is -2.18. The highest BCUT2D eigenvalue weighted by Gasteiger charge is 2.18. The van der Waals surface area contributed by atoms with Crippen molar-refractivity contribution < 1.29 is 4.39 Å². The maximum atomic E-state index is 13.6. The molecule has 1 aromatic carbocycles. The summed E-state index contributed by atoms with van der Waals surface area (Å²) >= 11 is 8.37. The summed E-state index contributed by atoms with van der Waals surface area (Å²) in [5.41, 5.74) is 0.931. The molecule has 0 aliphatic rings. The first-order valence-electron chi connectivity index (χ1n) is 5.54. The van der Waals surface area contributed by atoms with E-state index < -0.39 is 0 Å². The third-order valence-corrected chi connectivity index (χ3v) is 5.17. The molecule has 5 heteroatoms. The molecule has 96 valence electrons. The number of halogens is 3. The Morgan fingerprint density at radius 1 is 1.28 bits per heavy atom. The SMILES string of the molecule is CCNC(c1ccc(Br)c(F)c1)c1sccc1Br. The van der Waals surface area contributed by atoms with E-state index in [-0.39, 0.29) is 11.9 Å². The highest BCUT2D eigenvalue weighted by Crippen LogP contribution is 2.34. The van der Waals surface area contributed by atoms with Gasteiger partial charge in [-0.15, -0.1) is 11.3 Å². The van der Waals surface area contributed by atoms with E-state index in [1.54, 1.807) is 23.5 Å². The Morgan fingerprint density at radius 3 is 2.61 bits per heavy atom. The molecular weight excluding hydrogens is 381 g/mol. The lowest BCUT2D eigenvalue weighted by Crippen LogP contribution is -2.21. The number of hydrogen-bond acceptors (Lipinski definition) is 2. The third kappa shape index (κ3) is 3.02. The summed E-state index contributed by atoms with van der Waals surface area (Å²) in [6.45, 7) is 2.87. The zero-order chi connectivity index (χ0) is 13.1. The number of thiophene rings is 1. The van der Waals surface area contributed by atoms with E-state index >= 15 is 0 Å². The molecule has 1 aromatic heterocycles. The van der Waals surface area contributed by atoms with Crippen LogP contribution in [-0.4, -0.2) is 6.54 Å². The van der Waals surface area contributed by atoms with E-state index in [2.05, 4.69) is 37.2 Å². The first kappa shape index (κ1) is 14.2. The minimum Gasteiger partial charge on any atom is -0.306 e. The van der Waals surface area contributed by atoms with E-state index in [0.29, 0.717) is 4.47 Å². The highest BCUT2D eigenvalue weighted by molar-refractivity contribution is 9.10. The molecule has 2 rings (SSSR count). The van der Waals surface area contributed by atoms with Crippen LogP contribution in [0.25, 0.3) is 0 Å². The van der Waals surface area contributed by atoms with Gasteiger partial charge in [0, 0.05) is 9.35 Å². The van der Waals surface area contributed by atoms with Gasteiger partial charge in [-0.3, -0.25) is 0 Å². The predicted molar refractivity (Wildman–Crippen MR) is 81.6 cm³/mol. The van der Waals surface area contributed by atoms with Crippen LogP contribution in [0.3, 0.4) is 0 Å². The second-order valence-electron chi connectivity index (χ2n) is 3.80. The molecule has 0 saturated carbocycles. The number of hydrogen-bond donors (Lipinski definition) is 1. The summed E-state index contributed by atoms with van der Waals surface area (Å²) in [6.07, 6.45) is 0. The van der Waals surface area contributed by atoms with Crippen molar-refractivity contribution in [1.82, 2.24) is 5.32 Å². The van der Waals surface area contributed by atoms with Gasteiger partial charge in [0.15, 0.2) is 0 Å². The molecule has 1 atom stereocenters. The second-order valence-corrected chi connectivity index (χ2v) is 6.45. The van der Waals surface area contributed by atoms with Gasteiger partial charge in [-0.1, -0.05) is 13.0 Å². The molecule has 2 aromatic rings. The minimum absolute atomic E-state index is 0.0203. The van der Waals surface area contributed by atoms with Crippen molar-refractivity contribution in [3.8, 4) is 0 Å². The van der Waals surface area contributed by atoms with Crippen LogP contribution in [0.15, 0.2) is 38.6 Å². The van der Waals surface area contributed by atoms with Crippen molar-refractivity contribution in [2.45, 2.75) is 13.0 Å². The van der Waals surface area contributed by atoms with Gasteiger partial charge in [0.2, 0.25) is 0 Å². The molecule has 0 bridgehead atoms. The Labute approximate surface area is 127 Å². The molecule has 0 aliphatic heterocycles. The van der Waals surface area contributed by atoms with Crippen molar-refractivity contribution in [2.24, 2.45) is 0 Å². The van der Waals surface area contributed by atoms with Crippen molar-refractivity contribution >= 4 is 43.2 Å². The molecule has 1 nitrogen and oxygen atoms in total. The highest BCUT2D eigenvalue weighted by atomic mass is 79.9. The zero-order valence-corrected chi connectivity index (χ0v) is 13.7. The maximum Gasteiger partial charge on any atom is 0.137 e. The molecule has 0 spiro atoms. The smallest absolute Gasteiger partial charge is 0.137 e. The minimum atomic E-state index is -0.233. The van der Waals surface area contributed by atoms with Crippen LogP contribution in [-0.2, 0) is 0 Å². The fraction of sp³-hybridized carbons (Fsp3) is 0.231. The average molecular weight is 393 g/mol. The third-order valence-electron chi connectivity index (χ3n) is 2.59. The van der Waals surface area contributed by atoms with Crippen LogP contribution in [0.2, 0.25) is 0 Å². The van der Waals surface area contributed by atoms with Crippen molar-refractivity contribution in [3.63, 3.8) is 0 Å². The summed E-state index contributed by atoms with van der Waals surface area (Å²) in [7, 11) is 0. The summed E-state index contributed by atoms with van der Waals surface area (Å²) in [6, 6.07) is 7.29. The molecule has 0 fully saturated rings. The average Bonchev–Trinajstić information content (AvgIpc) is 2.76. The van der Waals surface area contributed by atoms with Crippen LogP contribution in [0, 0.1) is 5.82 Å². The molecule has 0 radical (unpaired) electrons. The molecular formula is C13H12Br2FNS. The Hall–Kier alpha value is -0.230. The van der Waals surface area contributed by atoms with Crippen LogP contribution >= 0.6 is 43.2 Å². The van der Waals surface area contributed by atoms with E-state index in [1.165, 1.54) is 4.88 Å². The first-order valence-corrected chi connectivity index (χ1v) is 8.01. The summed E-state index contributed by atoms with van der Waals surface area (Å²) in [4.78, 5) is 1.17.